The summed E-state index contributed by atoms with van der Waals surface area (Å²) in [5.74, 6) is -0.0357. The van der Waals surface area contributed by atoms with E-state index >= 15 is 0 Å². The summed E-state index contributed by atoms with van der Waals surface area (Å²) in [7, 11) is 0. The van der Waals surface area contributed by atoms with Gasteiger partial charge in [0.2, 0.25) is 5.95 Å². The molecule has 16 heteroatoms. The van der Waals surface area contributed by atoms with Crippen LogP contribution in [0.4, 0.5) is 38.0 Å². The van der Waals surface area contributed by atoms with E-state index < -0.39 is 46.9 Å². The molecular weight excluding hydrogens is 524 g/mol. The van der Waals surface area contributed by atoms with E-state index in [2.05, 4.69) is 20.4 Å². The van der Waals surface area contributed by atoms with Crippen LogP contribution in [-0.4, -0.2) is 75.4 Å². The molecule has 0 bridgehead atoms. The fourth-order valence-corrected chi connectivity index (χ4v) is 4.56. The molecule has 2 atom stereocenters. The Balaban J connectivity index is 1.27. The van der Waals surface area contributed by atoms with Crippen molar-refractivity contribution in [1.82, 2.24) is 25.1 Å². The van der Waals surface area contributed by atoms with Crippen LogP contribution in [0.25, 0.3) is 0 Å². The van der Waals surface area contributed by atoms with E-state index in [-0.39, 0.29) is 24.5 Å². The van der Waals surface area contributed by atoms with Gasteiger partial charge in [-0.2, -0.15) is 31.4 Å². The van der Waals surface area contributed by atoms with E-state index in [1.165, 1.54) is 0 Å². The third-order valence-electron chi connectivity index (χ3n) is 6.43. The van der Waals surface area contributed by atoms with Gasteiger partial charge in [0, 0.05) is 50.5 Å². The first-order valence-corrected chi connectivity index (χ1v) is 11.8. The topological polar surface area (TPSA) is 116 Å². The largest absolute Gasteiger partial charge is 0.423 e. The molecule has 2 N–H and O–H groups in total. The lowest BCUT2D eigenvalue weighted by atomic mass is 10.0. The van der Waals surface area contributed by atoms with Crippen LogP contribution in [-0.2, 0) is 21.9 Å². The molecule has 10 nitrogen and oxygen atoms in total. The van der Waals surface area contributed by atoms with Gasteiger partial charge in [-0.1, -0.05) is 0 Å². The van der Waals surface area contributed by atoms with E-state index in [0.717, 1.165) is 18.6 Å². The monoisotopic (exact) mass is 549 g/mol. The van der Waals surface area contributed by atoms with Gasteiger partial charge in [-0.25, -0.2) is 15.1 Å². The third-order valence-corrected chi connectivity index (χ3v) is 6.43. The lowest BCUT2D eigenvalue weighted by Crippen LogP contribution is -2.47. The number of piperidine rings is 1. The highest BCUT2D eigenvalue weighted by Crippen LogP contribution is 2.32. The number of rotatable bonds is 7. The quantitative estimate of drug-likeness (QED) is 0.507. The molecule has 4 heterocycles. The van der Waals surface area contributed by atoms with Crippen LogP contribution in [0.5, 0.6) is 0 Å². The fourth-order valence-electron chi connectivity index (χ4n) is 4.56. The number of aromatic nitrogens is 4. The van der Waals surface area contributed by atoms with E-state index in [9.17, 15) is 35.9 Å². The van der Waals surface area contributed by atoms with Gasteiger partial charge in [0.15, 0.2) is 0 Å². The summed E-state index contributed by atoms with van der Waals surface area (Å²) in [5.41, 5.74) is -4.17. The molecule has 0 aliphatic carbocycles. The van der Waals surface area contributed by atoms with E-state index in [1.807, 2.05) is 0 Å². The molecule has 0 aromatic carbocycles. The Labute approximate surface area is 212 Å². The first kappa shape index (κ1) is 27.6. The van der Waals surface area contributed by atoms with Crippen molar-refractivity contribution in [3.8, 4) is 0 Å². The highest BCUT2D eigenvalue weighted by atomic mass is 19.4. The molecule has 1 amide bonds. The lowest BCUT2D eigenvalue weighted by Gasteiger charge is -2.36. The molecule has 2 aromatic rings. The molecule has 0 radical (unpaired) electrons. The Hall–Kier alpha value is -3.43. The molecule has 2 aromatic heterocycles. The smallest absolute Gasteiger partial charge is 0.378 e. The van der Waals surface area contributed by atoms with Crippen molar-refractivity contribution in [2.24, 2.45) is 0 Å². The maximum atomic E-state index is 13.2. The molecule has 2 saturated heterocycles. The summed E-state index contributed by atoms with van der Waals surface area (Å²) in [5, 5.41) is 7.73. The zero-order valence-electron chi connectivity index (χ0n) is 20.1. The minimum absolute atomic E-state index is 0.0853. The SMILES string of the molecule is CC(CO[C@@H]1CCN(C2CCN(c3ncc(C(F)(F)F)cn3)CC2)C1=O)Nc1cn[nH]c(=O)c1C(F)(F)F. The van der Waals surface area contributed by atoms with Crippen molar-refractivity contribution in [2.45, 2.75) is 56.7 Å². The third kappa shape index (κ3) is 6.16. The van der Waals surface area contributed by atoms with Crippen molar-refractivity contribution in [3.63, 3.8) is 0 Å². The second-order valence-corrected chi connectivity index (χ2v) is 9.16. The molecular formula is C22H25F6N7O3. The Morgan fingerprint density at radius 3 is 2.29 bits per heavy atom. The molecule has 2 fully saturated rings. The van der Waals surface area contributed by atoms with Crippen LogP contribution in [0.2, 0.25) is 0 Å². The van der Waals surface area contributed by atoms with Crippen molar-refractivity contribution in [2.75, 3.05) is 36.5 Å². The van der Waals surface area contributed by atoms with Crippen LogP contribution in [0.1, 0.15) is 37.3 Å². The summed E-state index contributed by atoms with van der Waals surface area (Å²) in [6.07, 6.45) is -6.26. The van der Waals surface area contributed by atoms with Gasteiger partial charge in [-0.05, 0) is 19.8 Å². The van der Waals surface area contributed by atoms with Crippen LogP contribution in [0, 0.1) is 0 Å². The predicted octanol–water partition coefficient (Wildman–Crippen LogP) is 2.68. The van der Waals surface area contributed by atoms with Gasteiger partial charge in [0.25, 0.3) is 11.5 Å². The van der Waals surface area contributed by atoms with E-state index in [0.29, 0.717) is 38.9 Å². The molecule has 2 aliphatic rings. The highest BCUT2D eigenvalue weighted by molar-refractivity contribution is 5.83. The minimum atomic E-state index is -4.88. The zero-order valence-corrected chi connectivity index (χ0v) is 20.1. The Morgan fingerprint density at radius 1 is 1.03 bits per heavy atom. The number of carbonyl (C=O) groups excluding carboxylic acids is 1. The summed E-state index contributed by atoms with van der Waals surface area (Å²) in [4.78, 5) is 35.6. The Bertz CT molecular complexity index is 1180. The van der Waals surface area contributed by atoms with Gasteiger partial charge in [-0.3, -0.25) is 9.59 Å². The van der Waals surface area contributed by atoms with Crippen molar-refractivity contribution >= 4 is 17.5 Å². The van der Waals surface area contributed by atoms with E-state index in [4.69, 9.17) is 4.74 Å². The first-order chi connectivity index (χ1) is 17.8. The highest BCUT2D eigenvalue weighted by Gasteiger charge is 2.40. The van der Waals surface area contributed by atoms with Crippen molar-refractivity contribution in [3.05, 3.63) is 40.1 Å². The van der Waals surface area contributed by atoms with Gasteiger partial charge in [0.1, 0.15) is 11.7 Å². The lowest BCUT2D eigenvalue weighted by molar-refractivity contribution is -0.139. The van der Waals surface area contributed by atoms with Crippen LogP contribution < -0.4 is 15.8 Å². The number of ether oxygens (including phenoxy) is 1. The molecule has 0 spiro atoms. The fraction of sp³-hybridized carbons (Fsp3) is 0.591. The van der Waals surface area contributed by atoms with Gasteiger partial charge in [-0.15, -0.1) is 0 Å². The van der Waals surface area contributed by atoms with Crippen LogP contribution >= 0.6 is 0 Å². The normalized spacial score (nSPS) is 20.2. The van der Waals surface area contributed by atoms with Crippen molar-refractivity contribution < 1.29 is 35.9 Å². The maximum Gasteiger partial charge on any atom is 0.423 e. The number of halogens is 6. The molecule has 38 heavy (non-hydrogen) atoms. The Kier molecular flexibility index (Phi) is 7.80. The molecule has 0 saturated carbocycles. The maximum absolute atomic E-state index is 13.2. The van der Waals surface area contributed by atoms with E-state index in [1.54, 1.807) is 21.8 Å². The second kappa shape index (κ2) is 10.7. The number of hydrogen-bond acceptors (Lipinski definition) is 8. The summed E-state index contributed by atoms with van der Waals surface area (Å²) in [6, 6.07) is -0.748. The number of nitrogens with one attached hydrogen (secondary N) is 2. The van der Waals surface area contributed by atoms with Crippen LogP contribution in [0.3, 0.4) is 0 Å². The predicted molar refractivity (Wildman–Crippen MR) is 121 cm³/mol. The number of anilines is 2. The molecule has 4 rings (SSSR count). The number of H-pyrrole nitrogens is 1. The van der Waals surface area contributed by atoms with Gasteiger partial charge >= 0.3 is 12.4 Å². The zero-order chi connectivity index (χ0) is 27.7. The molecule has 2 aliphatic heterocycles. The molecule has 1 unspecified atom stereocenters. The minimum Gasteiger partial charge on any atom is -0.378 e. The number of likely N-dealkylation sites (tertiary alicyclic amines) is 1. The number of carbonyl (C=O) groups is 1. The number of alkyl halides is 6. The first-order valence-electron chi connectivity index (χ1n) is 11.8. The number of amides is 1. The summed E-state index contributed by atoms with van der Waals surface area (Å²) >= 11 is 0. The standard InChI is InChI=1S/C22H25F6N7O3/c1-12(32-15-10-31-33-18(36)17(15)22(26,27)28)11-38-16-4-7-35(19(16)37)14-2-5-34(6-3-14)20-29-8-13(9-30-20)21(23,24)25/h8-10,12,14,16H,2-7,11H2,1H3,(H2,32,33,36)/t12?,16-/m1/s1. The average Bonchev–Trinajstić information content (AvgIpc) is 3.21. The van der Waals surface area contributed by atoms with Gasteiger partial charge < -0.3 is 19.9 Å². The van der Waals surface area contributed by atoms with Gasteiger partial charge in [0.05, 0.1) is 24.1 Å². The summed E-state index contributed by atoms with van der Waals surface area (Å²) in [6.45, 7) is 2.83. The number of hydrogen-bond donors (Lipinski definition) is 2. The van der Waals surface area contributed by atoms with Crippen molar-refractivity contribution in [1.29, 1.82) is 0 Å². The van der Waals surface area contributed by atoms with Crippen LogP contribution in [0.15, 0.2) is 23.4 Å². The summed E-state index contributed by atoms with van der Waals surface area (Å²) < 4.78 is 83.5. The second-order valence-electron chi connectivity index (χ2n) is 9.16. The molecule has 208 valence electrons. The Morgan fingerprint density at radius 2 is 1.68 bits per heavy atom. The average molecular weight is 549 g/mol. The number of aromatic amines is 1. The number of nitrogens with zero attached hydrogens (tertiary/aromatic N) is 5.